The molecular weight excluding hydrogens is 228 g/mol. The number of benzene rings is 1. The van der Waals surface area contributed by atoms with Crippen LogP contribution < -0.4 is 4.90 Å². The standard InChI is InChI=1S/C11H13F2N3O/c1-14-6-15(2)11(17)16(7-14)10-5-8(12)3-4-9(10)13/h3-5H,6-7H2,1-2H3. The minimum absolute atomic E-state index is 0.0339. The number of carbonyl (C=O) groups excluding carboxylic acids is 1. The van der Waals surface area contributed by atoms with Gasteiger partial charge in [0.2, 0.25) is 0 Å². The van der Waals surface area contributed by atoms with E-state index in [1.165, 1.54) is 9.80 Å². The molecule has 0 unspecified atom stereocenters. The zero-order valence-electron chi connectivity index (χ0n) is 9.65. The van der Waals surface area contributed by atoms with Crippen molar-refractivity contribution in [3.8, 4) is 0 Å². The van der Waals surface area contributed by atoms with Crippen molar-refractivity contribution < 1.29 is 13.6 Å². The number of anilines is 1. The van der Waals surface area contributed by atoms with Crippen LogP contribution in [0.1, 0.15) is 0 Å². The molecule has 1 saturated heterocycles. The molecule has 6 heteroatoms. The minimum Gasteiger partial charge on any atom is -0.314 e. The zero-order valence-corrected chi connectivity index (χ0v) is 9.65. The number of rotatable bonds is 1. The highest BCUT2D eigenvalue weighted by molar-refractivity contribution is 5.92. The van der Waals surface area contributed by atoms with E-state index in [9.17, 15) is 13.6 Å². The highest BCUT2D eigenvalue weighted by Gasteiger charge is 2.28. The van der Waals surface area contributed by atoms with E-state index in [4.69, 9.17) is 0 Å². The maximum Gasteiger partial charge on any atom is 0.326 e. The average Bonchev–Trinajstić information content (AvgIpc) is 2.27. The second-order valence-corrected chi connectivity index (χ2v) is 4.14. The van der Waals surface area contributed by atoms with Gasteiger partial charge in [-0.3, -0.25) is 9.80 Å². The van der Waals surface area contributed by atoms with Crippen LogP contribution in [0.4, 0.5) is 19.3 Å². The summed E-state index contributed by atoms with van der Waals surface area (Å²) in [7, 11) is 3.41. The van der Waals surface area contributed by atoms with Crippen LogP contribution >= 0.6 is 0 Å². The lowest BCUT2D eigenvalue weighted by Gasteiger charge is -2.38. The predicted molar refractivity (Wildman–Crippen MR) is 59.5 cm³/mol. The van der Waals surface area contributed by atoms with Gasteiger partial charge in [0, 0.05) is 13.1 Å². The van der Waals surface area contributed by atoms with E-state index in [0.29, 0.717) is 6.67 Å². The molecule has 92 valence electrons. The summed E-state index contributed by atoms with van der Waals surface area (Å²) in [6, 6.07) is 2.74. The largest absolute Gasteiger partial charge is 0.326 e. The van der Waals surface area contributed by atoms with E-state index in [1.807, 2.05) is 4.90 Å². The van der Waals surface area contributed by atoms with E-state index < -0.39 is 11.6 Å². The molecule has 1 fully saturated rings. The van der Waals surface area contributed by atoms with E-state index in [1.54, 1.807) is 14.1 Å². The Morgan fingerprint density at radius 1 is 1.18 bits per heavy atom. The maximum absolute atomic E-state index is 13.6. The van der Waals surface area contributed by atoms with Crippen LogP contribution in [-0.4, -0.2) is 43.3 Å². The first-order chi connectivity index (χ1) is 7.99. The van der Waals surface area contributed by atoms with Crippen LogP contribution in [0.3, 0.4) is 0 Å². The molecule has 0 N–H and O–H groups in total. The topological polar surface area (TPSA) is 26.8 Å². The quantitative estimate of drug-likeness (QED) is 0.748. The summed E-state index contributed by atoms with van der Waals surface area (Å²) in [5, 5.41) is 0. The zero-order chi connectivity index (χ0) is 12.6. The molecule has 0 radical (unpaired) electrons. The fourth-order valence-corrected chi connectivity index (χ4v) is 1.85. The van der Waals surface area contributed by atoms with Gasteiger partial charge in [-0.05, 0) is 19.2 Å². The summed E-state index contributed by atoms with van der Waals surface area (Å²) >= 11 is 0. The Kier molecular flexibility index (Phi) is 2.97. The summed E-state index contributed by atoms with van der Waals surface area (Å²) in [6.45, 7) is 0.704. The number of carbonyl (C=O) groups is 1. The van der Waals surface area contributed by atoms with Crippen molar-refractivity contribution in [2.45, 2.75) is 0 Å². The van der Waals surface area contributed by atoms with Gasteiger partial charge in [-0.25, -0.2) is 13.6 Å². The molecule has 1 aromatic carbocycles. The van der Waals surface area contributed by atoms with E-state index >= 15 is 0 Å². The Morgan fingerprint density at radius 2 is 1.88 bits per heavy atom. The van der Waals surface area contributed by atoms with Crippen molar-refractivity contribution in [3.05, 3.63) is 29.8 Å². The van der Waals surface area contributed by atoms with Crippen molar-refractivity contribution >= 4 is 11.7 Å². The van der Waals surface area contributed by atoms with Gasteiger partial charge >= 0.3 is 6.03 Å². The summed E-state index contributed by atoms with van der Waals surface area (Å²) in [6.07, 6.45) is 0. The van der Waals surface area contributed by atoms with Gasteiger partial charge in [-0.15, -0.1) is 0 Å². The first kappa shape index (κ1) is 11.8. The SMILES string of the molecule is CN1CN(C)C(=O)N(c2cc(F)ccc2F)C1. The normalized spacial score (nSPS) is 17.8. The Labute approximate surface area is 98.0 Å². The molecule has 1 aromatic rings. The molecule has 2 amide bonds. The third-order valence-corrected chi connectivity index (χ3v) is 2.59. The van der Waals surface area contributed by atoms with Crippen LogP contribution in [0.2, 0.25) is 0 Å². The van der Waals surface area contributed by atoms with Crippen molar-refractivity contribution in [1.29, 1.82) is 0 Å². The van der Waals surface area contributed by atoms with Crippen molar-refractivity contribution in [1.82, 2.24) is 9.80 Å². The van der Waals surface area contributed by atoms with E-state index in [-0.39, 0.29) is 18.4 Å². The molecule has 1 aliphatic rings. The molecule has 0 bridgehead atoms. The van der Waals surface area contributed by atoms with Crippen LogP contribution in [0.5, 0.6) is 0 Å². The molecule has 0 aromatic heterocycles. The van der Waals surface area contributed by atoms with Gasteiger partial charge in [0.25, 0.3) is 0 Å². The molecule has 17 heavy (non-hydrogen) atoms. The fourth-order valence-electron chi connectivity index (χ4n) is 1.85. The monoisotopic (exact) mass is 241 g/mol. The van der Waals surface area contributed by atoms with E-state index in [2.05, 4.69) is 0 Å². The predicted octanol–water partition coefficient (Wildman–Crippen LogP) is 1.68. The Bertz CT molecular complexity index is 452. The first-order valence-electron chi connectivity index (χ1n) is 5.15. The molecular formula is C11H13F2N3O. The summed E-state index contributed by atoms with van der Waals surface area (Å²) < 4.78 is 26.7. The maximum atomic E-state index is 13.6. The number of hydrogen-bond donors (Lipinski definition) is 0. The average molecular weight is 241 g/mol. The third kappa shape index (κ3) is 2.21. The Hall–Kier alpha value is -1.69. The summed E-state index contributed by atoms with van der Waals surface area (Å²) in [5.74, 6) is -1.17. The fraction of sp³-hybridized carbons (Fsp3) is 0.364. The number of urea groups is 1. The molecule has 0 saturated carbocycles. The van der Waals surface area contributed by atoms with Crippen molar-refractivity contribution in [2.75, 3.05) is 32.3 Å². The molecule has 0 atom stereocenters. The van der Waals surface area contributed by atoms with Gasteiger partial charge in [0.1, 0.15) is 11.6 Å². The molecule has 2 rings (SSSR count). The van der Waals surface area contributed by atoms with Crippen LogP contribution in [-0.2, 0) is 0 Å². The highest BCUT2D eigenvalue weighted by Crippen LogP contribution is 2.23. The van der Waals surface area contributed by atoms with Gasteiger partial charge in [0.15, 0.2) is 0 Å². The number of nitrogens with zero attached hydrogens (tertiary/aromatic N) is 3. The molecule has 0 aliphatic carbocycles. The Balaban J connectivity index is 2.37. The van der Waals surface area contributed by atoms with Crippen molar-refractivity contribution in [2.24, 2.45) is 0 Å². The second kappa shape index (κ2) is 4.29. The lowest BCUT2D eigenvalue weighted by molar-refractivity contribution is 0.148. The smallest absolute Gasteiger partial charge is 0.314 e. The molecule has 0 spiro atoms. The van der Waals surface area contributed by atoms with Crippen LogP contribution in [0, 0.1) is 11.6 Å². The molecule has 1 aliphatic heterocycles. The lowest BCUT2D eigenvalue weighted by Crippen LogP contribution is -2.55. The number of halogens is 2. The molecule has 4 nitrogen and oxygen atoms in total. The van der Waals surface area contributed by atoms with Gasteiger partial charge in [0.05, 0.1) is 19.0 Å². The summed E-state index contributed by atoms with van der Waals surface area (Å²) in [5.41, 5.74) is -0.0339. The van der Waals surface area contributed by atoms with Gasteiger partial charge < -0.3 is 4.90 Å². The first-order valence-corrected chi connectivity index (χ1v) is 5.15. The Morgan fingerprint density at radius 3 is 2.59 bits per heavy atom. The van der Waals surface area contributed by atoms with Crippen molar-refractivity contribution in [3.63, 3.8) is 0 Å². The van der Waals surface area contributed by atoms with E-state index in [0.717, 1.165) is 18.2 Å². The third-order valence-electron chi connectivity index (χ3n) is 2.59. The van der Waals surface area contributed by atoms with Crippen LogP contribution in [0.25, 0.3) is 0 Å². The van der Waals surface area contributed by atoms with Crippen LogP contribution in [0.15, 0.2) is 18.2 Å². The summed E-state index contributed by atoms with van der Waals surface area (Å²) in [4.78, 5) is 16.3. The van der Waals surface area contributed by atoms with Gasteiger partial charge in [-0.1, -0.05) is 0 Å². The second-order valence-electron chi connectivity index (χ2n) is 4.14. The minimum atomic E-state index is -0.608. The van der Waals surface area contributed by atoms with Gasteiger partial charge in [-0.2, -0.15) is 0 Å². The molecule has 1 heterocycles. The lowest BCUT2D eigenvalue weighted by atomic mass is 10.2. The number of hydrogen-bond acceptors (Lipinski definition) is 2. The highest BCUT2D eigenvalue weighted by atomic mass is 19.1. The number of amides is 2.